The molecule has 0 aromatic carbocycles. The maximum absolute atomic E-state index is 11.1. The normalized spacial score (nSPS) is 20.7. The molecule has 2 heterocycles. The fourth-order valence-corrected chi connectivity index (χ4v) is 2.91. The average molecular weight is 233 g/mol. The van der Waals surface area contributed by atoms with Crippen LogP contribution in [0.5, 0.6) is 0 Å². The van der Waals surface area contributed by atoms with Gasteiger partial charge >= 0.3 is 5.97 Å². The Balaban J connectivity index is 1.87. The lowest BCUT2D eigenvalue weighted by molar-refractivity contribution is 0.0688. The van der Waals surface area contributed by atoms with Crippen molar-refractivity contribution in [3.8, 4) is 0 Å². The summed E-state index contributed by atoms with van der Waals surface area (Å²) in [5, 5.41) is 9.09. The third-order valence-electron chi connectivity index (χ3n) is 3.79. The van der Waals surface area contributed by atoms with Crippen molar-refractivity contribution < 1.29 is 9.90 Å². The van der Waals surface area contributed by atoms with Crippen molar-refractivity contribution in [1.82, 2.24) is 14.9 Å². The van der Waals surface area contributed by atoms with Crippen LogP contribution in [0.1, 0.15) is 47.4 Å². The lowest BCUT2D eigenvalue weighted by Gasteiger charge is -2.22. The lowest BCUT2D eigenvalue weighted by Crippen LogP contribution is -2.27. The van der Waals surface area contributed by atoms with Gasteiger partial charge in [0.15, 0.2) is 5.69 Å². The van der Waals surface area contributed by atoms with Crippen LogP contribution in [0.4, 0.5) is 0 Å². The molecule has 1 saturated carbocycles. The van der Waals surface area contributed by atoms with Gasteiger partial charge in [-0.15, -0.1) is 0 Å². The summed E-state index contributed by atoms with van der Waals surface area (Å²) < 4.78 is 0. The van der Waals surface area contributed by atoms with Crippen LogP contribution in [0.15, 0.2) is 6.33 Å². The van der Waals surface area contributed by atoms with Crippen LogP contribution >= 0.6 is 0 Å². The molecular weight excluding hydrogens is 218 g/mol. The minimum Gasteiger partial charge on any atom is -0.476 e. The van der Waals surface area contributed by atoms with Crippen LogP contribution in [0.25, 0.3) is 0 Å². The van der Waals surface area contributed by atoms with Crippen LogP contribution in [0.2, 0.25) is 0 Å². The Labute approximate surface area is 99.5 Å². The van der Waals surface area contributed by atoms with Gasteiger partial charge in [0.2, 0.25) is 0 Å². The molecule has 90 valence electrons. The van der Waals surface area contributed by atoms with Gasteiger partial charge in [-0.1, -0.05) is 12.8 Å². The largest absolute Gasteiger partial charge is 0.476 e. The van der Waals surface area contributed by atoms with Gasteiger partial charge < -0.3 is 5.11 Å². The van der Waals surface area contributed by atoms with E-state index in [-0.39, 0.29) is 5.69 Å². The van der Waals surface area contributed by atoms with Crippen molar-refractivity contribution >= 4 is 5.97 Å². The molecule has 1 N–H and O–H groups in total. The summed E-state index contributed by atoms with van der Waals surface area (Å²) in [6.07, 6.45) is 6.39. The topological polar surface area (TPSA) is 66.3 Å². The van der Waals surface area contributed by atoms with Gasteiger partial charge in [-0.3, -0.25) is 4.90 Å². The number of carboxylic acids is 1. The number of aromatic carboxylic acids is 1. The van der Waals surface area contributed by atoms with Crippen molar-refractivity contribution in [2.75, 3.05) is 0 Å². The molecule has 1 aliphatic heterocycles. The van der Waals surface area contributed by atoms with E-state index in [1.807, 2.05) is 0 Å². The van der Waals surface area contributed by atoms with E-state index in [0.717, 1.165) is 17.8 Å². The van der Waals surface area contributed by atoms with Gasteiger partial charge in [0.25, 0.3) is 0 Å². The summed E-state index contributed by atoms with van der Waals surface area (Å²) in [5.41, 5.74) is 1.88. The molecule has 1 fully saturated rings. The van der Waals surface area contributed by atoms with Crippen molar-refractivity contribution in [2.24, 2.45) is 0 Å². The van der Waals surface area contributed by atoms with E-state index in [4.69, 9.17) is 5.11 Å². The zero-order valence-corrected chi connectivity index (χ0v) is 9.59. The number of hydrogen-bond donors (Lipinski definition) is 1. The first-order valence-electron chi connectivity index (χ1n) is 6.06. The number of fused-ring (bicyclic) bond motifs is 1. The van der Waals surface area contributed by atoms with E-state index >= 15 is 0 Å². The van der Waals surface area contributed by atoms with Crippen LogP contribution in [-0.2, 0) is 13.1 Å². The highest BCUT2D eigenvalue weighted by molar-refractivity contribution is 5.87. The van der Waals surface area contributed by atoms with Gasteiger partial charge in [-0.05, 0) is 12.8 Å². The monoisotopic (exact) mass is 233 g/mol. The molecule has 1 aromatic rings. The molecule has 0 radical (unpaired) electrons. The zero-order chi connectivity index (χ0) is 11.8. The molecule has 0 saturated heterocycles. The fraction of sp³-hybridized carbons (Fsp3) is 0.583. The van der Waals surface area contributed by atoms with Crippen molar-refractivity contribution in [3.63, 3.8) is 0 Å². The van der Waals surface area contributed by atoms with Crippen molar-refractivity contribution in [2.45, 2.75) is 44.8 Å². The number of aromatic nitrogens is 2. The van der Waals surface area contributed by atoms with Gasteiger partial charge in [-0.25, -0.2) is 14.8 Å². The highest BCUT2D eigenvalue weighted by Crippen LogP contribution is 2.31. The minimum atomic E-state index is -0.947. The molecular formula is C12H15N3O2. The van der Waals surface area contributed by atoms with Gasteiger partial charge in [-0.2, -0.15) is 0 Å². The van der Waals surface area contributed by atoms with Crippen LogP contribution in [-0.4, -0.2) is 32.0 Å². The predicted octanol–water partition coefficient (Wildman–Crippen LogP) is 1.43. The van der Waals surface area contributed by atoms with Gasteiger partial charge in [0.1, 0.15) is 6.33 Å². The molecule has 0 bridgehead atoms. The Morgan fingerprint density at radius 2 is 2.06 bits per heavy atom. The zero-order valence-electron chi connectivity index (χ0n) is 9.59. The van der Waals surface area contributed by atoms with E-state index in [2.05, 4.69) is 14.9 Å². The third-order valence-corrected chi connectivity index (χ3v) is 3.79. The Bertz CT molecular complexity index is 455. The molecule has 0 amide bonds. The lowest BCUT2D eigenvalue weighted by atomic mass is 10.2. The second-order valence-electron chi connectivity index (χ2n) is 4.80. The molecule has 1 aliphatic carbocycles. The maximum Gasteiger partial charge on any atom is 0.354 e. The second-order valence-corrected chi connectivity index (χ2v) is 4.80. The molecule has 1 aromatic heterocycles. The summed E-state index contributed by atoms with van der Waals surface area (Å²) in [4.78, 5) is 21.5. The van der Waals surface area contributed by atoms with Gasteiger partial charge in [0.05, 0.1) is 5.69 Å². The van der Waals surface area contributed by atoms with E-state index in [0.29, 0.717) is 12.6 Å². The van der Waals surface area contributed by atoms with E-state index in [1.165, 1.54) is 32.0 Å². The summed E-state index contributed by atoms with van der Waals surface area (Å²) in [6, 6.07) is 0.603. The standard InChI is InChI=1S/C12H15N3O2/c16-12(17)11-9-5-15(8-3-1-2-4-8)6-10(9)13-7-14-11/h7-8H,1-6H2,(H,16,17). The number of rotatable bonds is 2. The van der Waals surface area contributed by atoms with Crippen LogP contribution in [0.3, 0.4) is 0 Å². The molecule has 0 atom stereocenters. The fourth-order valence-electron chi connectivity index (χ4n) is 2.91. The SMILES string of the molecule is O=C(O)c1ncnc2c1CN(C1CCCC1)C2. The summed E-state index contributed by atoms with van der Waals surface area (Å²) in [5.74, 6) is -0.947. The molecule has 3 rings (SSSR count). The van der Waals surface area contributed by atoms with E-state index in [9.17, 15) is 4.79 Å². The van der Waals surface area contributed by atoms with Crippen LogP contribution in [0, 0.1) is 0 Å². The summed E-state index contributed by atoms with van der Waals surface area (Å²) in [7, 11) is 0. The Morgan fingerprint density at radius 1 is 1.29 bits per heavy atom. The summed E-state index contributed by atoms with van der Waals surface area (Å²) in [6.45, 7) is 1.48. The number of hydrogen-bond acceptors (Lipinski definition) is 4. The Kier molecular flexibility index (Phi) is 2.55. The molecule has 0 unspecified atom stereocenters. The molecule has 2 aliphatic rings. The van der Waals surface area contributed by atoms with E-state index < -0.39 is 5.97 Å². The highest BCUT2D eigenvalue weighted by Gasteiger charge is 2.31. The molecule has 17 heavy (non-hydrogen) atoms. The molecule has 0 spiro atoms. The third kappa shape index (κ3) is 1.80. The van der Waals surface area contributed by atoms with Crippen molar-refractivity contribution in [3.05, 3.63) is 23.3 Å². The van der Waals surface area contributed by atoms with Crippen molar-refractivity contribution in [1.29, 1.82) is 0 Å². The summed E-state index contributed by atoms with van der Waals surface area (Å²) >= 11 is 0. The number of carbonyl (C=O) groups is 1. The van der Waals surface area contributed by atoms with Gasteiger partial charge in [0, 0.05) is 24.7 Å². The maximum atomic E-state index is 11.1. The predicted molar refractivity (Wildman–Crippen MR) is 60.5 cm³/mol. The first-order chi connectivity index (χ1) is 8.25. The first kappa shape index (κ1) is 10.7. The minimum absolute atomic E-state index is 0.176. The smallest absolute Gasteiger partial charge is 0.354 e. The number of carboxylic acid groups (broad SMARTS) is 1. The first-order valence-corrected chi connectivity index (χ1v) is 6.06. The van der Waals surface area contributed by atoms with E-state index in [1.54, 1.807) is 0 Å². The second kappa shape index (κ2) is 4.07. The molecule has 5 heteroatoms. The Morgan fingerprint density at radius 3 is 2.76 bits per heavy atom. The Hall–Kier alpha value is -1.49. The van der Waals surface area contributed by atoms with Crippen LogP contribution < -0.4 is 0 Å². The highest BCUT2D eigenvalue weighted by atomic mass is 16.4. The average Bonchev–Trinajstić information content (AvgIpc) is 2.96. The number of nitrogens with zero attached hydrogens (tertiary/aromatic N) is 3. The molecule has 5 nitrogen and oxygen atoms in total. The quantitative estimate of drug-likeness (QED) is 0.837.